The van der Waals surface area contributed by atoms with Crippen molar-refractivity contribution >= 4 is 17.7 Å². The molecule has 1 atom stereocenters. The summed E-state index contributed by atoms with van der Waals surface area (Å²) in [4.78, 5) is 13.5. The maximum Gasteiger partial charge on any atom is 0.238 e. The Balaban J connectivity index is 1.80. The number of carbonyl (C=O) groups excluding carboxylic acids is 1. The van der Waals surface area contributed by atoms with Crippen LogP contribution in [-0.4, -0.2) is 19.1 Å². The van der Waals surface area contributed by atoms with Crippen molar-refractivity contribution in [3.63, 3.8) is 0 Å². The number of hydrogen-bond donors (Lipinski definition) is 1. The first-order chi connectivity index (χ1) is 11.2. The van der Waals surface area contributed by atoms with E-state index in [2.05, 4.69) is 5.32 Å². The van der Waals surface area contributed by atoms with Gasteiger partial charge in [0.05, 0.1) is 7.11 Å². The van der Waals surface area contributed by atoms with E-state index in [-0.39, 0.29) is 11.7 Å². The molecule has 0 aliphatic heterocycles. The summed E-state index contributed by atoms with van der Waals surface area (Å²) in [6.45, 7) is 0. The van der Waals surface area contributed by atoms with Gasteiger partial charge in [0, 0.05) is 10.9 Å². The van der Waals surface area contributed by atoms with Gasteiger partial charge in [-0.15, -0.1) is 11.8 Å². The summed E-state index contributed by atoms with van der Waals surface area (Å²) >= 11 is 1.45. The molecule has 1 unspecified atom stereocenters. The van der Waals surface area contributed by atoms with E-state index in [1.807, 2.05) is 24.3 Å². The second-order valence-corrected chi connectivity index (χ2v) is 6.69. The zero-order valence-corrected chi connectivity index (χ0v) is 13.6. The van der Waals surface area contributed by atoms with Gasteiger partial charge in [-0.25, -0.2) is 4.39 Å². The van der Waals surface area contributed by atoms with Gasteiger partial charge >= 0.3 is 0 Å². The van der Waals surface area contributed by atoms with Crippen LogP contribution in [0.2, 0.25) is 0 Å². The average Bonchev–Trinajstić information content (AvgIpc) is 3.38. The fourth-order valence-electron chi connectivity index (χ4n) is 2.21. The van der Waals surface area contributed by atoms with E-state index in [1.165, 1.54) is 23.9 Å². The Kier molecular flexibility index (Phi) is 4.86. The average molecular weight is 331 g/mol. The van der Waals surface area contributed by atoms with E-state index in [9.17, 15) is 9.18 Å². The quantitative estimate of drug-likeness (QED) is 0.815. The second-order valence-electron chi connectivity index (χ2n) is 5.51. The van der Waals surface area contributed by atoms with Crippen molar-refractivity contribution in [1.29, 1.82) is 0 Å². The predicted octanol–water partition coefficient (Wildman–Crippen LogP) is 3.95. The van der Waals surface area contributed by atoms with E-state index < -0.39 is 5.25 Å². The van der Waals surface area contributed by atoms with Crippen LogP contribution in [0, 0.1) is 5.82 Å². The number of ether oxygens (including phenoxy) is 1. The standard InChI is InChI=1S/C18H18FNO2S/c1-22-15-8-10-16(11-9-15)23-17(18(21)20-14-6-7-14)12-2-4-13(19)5-3-12/h2-5,8-11,14,17H,6-7H2,1H3,(H,20,21). The van der Waals surface area contributed by atoms with Gasteiger partial charge in [0.25, 0.3) is 0 Å². The van der Waals surface area contributed by atoms with Crippen LogP contribution in [0.4, 0.5) is 4.39 Å². The minimum absolute atomic E-state index is 0.0278. The lowest BCUT2D eigenvalue weighted by molar-refractivity contribution is -0.120. The number of halogens is 1. The third-order valence-corrected chi connectivity index (χ3v) is 4.91. The largest absolute Gasteiger partial charge is 0.497 e. The molecule has 0 saturated heterocycles. The zero-order valence-electron chi connectivity index (χ0n) is 12.8. The first-order valence-electron chi connectivity index (χ1n) is 7.52. The lowest BCUT2D eigenvalue weighted by atomic mass is 10.1. The Hall–Kier alpha value is -2.01. The lowest BCUT2D eigenvalue weighted by Crippen LogP contribution is -2.29. The molecule has 1 aliphatic rings. The number of thioether (sulfide) groups is 1. The van der Waals surface area contributed by atoms with Crippen molar-refractivity contribution in [2.45, 2.75) is 29.0 Å². The van der Waals surface area contributed by atoms with Gasteiger partial charge < -0.3 is 10.1 Å². The number of amides is 1. The fourth-order valence-corrected chi connectivity index (χ4v) is 3.24. The van der Waals surface area contributed by atoms with Gasteiger partial charge in [-0.05, 0) is 54.8 Å². The summed E-state index contributed by atoms with van der Waals surface area (Å²) in [5.41, 5.74) is 0.797. The highest BCUT2D eigenvalue weighted by Gasteiger charge is 2.29. The van der Waals surface area contributed by atoms with Crippen molar-refractivity contribution < 1.29 is 13.9 Å². The molecule has 1 saturated carbocycles. The molecule has 5 heteroatoms. The summed E-state index contributed by atoms with van der Waals surface area (Å²) in [6.07, 6.45) is 2.07. The normalized spacial score (nSPS) is 15.0. The maximum atomic E-state index is 13.2. The van der Waals surface area contributed by atoms with Crippen LogP contribution >= 0.6 is 11.8 Å². The Morgan fingerprint density at radius 3 is 2.39 bits per heavy atom. The Bertz CT molecular complexity index is 668. The molecular weight excluding hydrogens is 313 g/mol. The van der Waals surface area contributed by atoms with E-state index in [0.717, 1.165) is 29.1 Å². The lowest BCUT2D eigenvalue weighted by Gasteiger charge is -2.17. The van der Waals surface area contributed by atoms with Crippen LogP contribution in [0.3, 0.4) is 0 Å². The number of methoxy groups -OCH3 is 1. The molecule has 3 nitrogen and oxygen atoms in total. The van der Waals surface area contributed by atoms with E-state index >= 15 is 0 Å². The molecule has 3 rings (SSSR count). The van der Waals surface area contributed by atoms with Crippen LogP contribution in [0.5, 0.6) is 5.75 Å². The van der Waals surface area contributed by atoms with Crippen LogP contribution in [0.1, 0.15) is 23.7 Å². The molecule has 0 heterocycles. The Morgan fingerprint density at radius 1 is 1.17 bits per heavy atom. The third kappa shape index (κ3) is 4.26. The molecule has 0 aromatic heterocycles. The van der Waals surface area contributed by atoms with E-state index in [4.69, 9.17) is 4.74 Å². The number of hydrogen-bond acceptors (Lipinski definition) is 3. The fraction of sp³-hybridized carbons (Fsp3) is 0.278. The van der Waals surface area contributed by atoms with Gasteiger partial charge in [-0.1, -0.05) is 12.1 Å². The molecule has 1 N–H and O–H groups in total. The predicted molar refractivity (Wildman–Crippen MR) is 89.2 cm³/mol. The molecular formula is C18H18FNO2S. The minimum Gasteiger partial charge on any atom is -0.497 e. The van der Waals surface area contributed by atoms with Crippen molar-refractivity contribution in [2.75, 3.05) is 7.11 Å². The summed E-state index contributed by atoms with van der Waals surface area (Å²) in [6, 6.07) is 14.0. The topological polar surface area (TPSA) is 38.3 Å². The first kappa shape index (κ1) is 15.9. The highest BCUT2D eigenvalue weighted by molar-refractivity contribution is 8.00. The molecule has 0 radical (unpaired) electrons. The molecule has 1 aliphatic carbocycles. The minimum atomic E-state index is -0.399. The number of benzene rings is 2. The van der Waals surface area contributed by atoms with Crippen LogP contribution in [-0.2, 0) is 4.79 Å². The van der Waals surface area contributed by atoms with Crippen LogP contribution < -0.4 is 10.1 Å². The third-order valence-electron chi connectivity index (χ3n) is 3.65. The van der Waals surface area contributed by atoms with Crippen LogP contribution in [0.15, 0.2) is 53.4 Å². The number of carbonyl (C=O) groups is 1. The number of nitrogens with one attached hydrogen (secondary N) is 1. The molecule has 2 aromatic rings. The van der Waals surface area contributed by atoms with E-state index in [0.29, 0.717) is 6.04 Å². The van der Waals surface area contributed by atoms with Gasteiger partial charge in [0.1, 0.15) is 16.8 Å². The molecule has 120 valence electrons. The zero-order chi connectivity index (χ0) is 16.2. The SMILES string of the molecule is COc1ccc(SC(C(=O)NC2CC2)c2ccc(F)cc2)cc1. The Morgan fingerprint density at radius 2 is 1.83 bits per heavy atom. The van der Waals surface area contributed by atoms with Gasteiger partial charge in [0.15, 0.2) is 0 Å². The highest BCUT2D eigenvalue weighted by Crippen LogP contribution is 2.37. The first-order valence-corrected chi connectivity index (χ1v) is 8.40. The summed E-state index contributed by atoms with van der Waals surface area (Å²) in [5.74, 6) is 0.444. The monoisotopic (exact) mass is 331 g/mol. The molecule has 0 spiro atoms. The van der Waals surface area contributed by atoms with Crippen molar-refractivity contribution in [3.05, 3.63) is 59.9 Å². The smallest absolute Gasteiger partial charge is 0.238 e. The molecule has 0 bridgehead atoms. The highest BCUT2D eigenvalue weighted by atomic mass is 32.2. The molecule has 1 fully saturated rings. The summed E-state index contributed by atoms with van der Waals surface area (Å²) in [5, 5.41) is 2.63. The van der Waals surface area contributed by atoms with E-state index in [1.54, 1.807) is 19.2 Å². The molecule has 1 amide bonds. The van der Waals surface area contributed by atoms with Crippen molar-refractivity contribution in [1.82, 2.24) is 5.32 Å². The second kappa shape index (κ2) is 7.04. The maximum absolute atomic E-state index is 13.2. The summed E-state index contributed by atoms with van der Waals surface area (Å²) in [7, 11) is 1.62. The van der Waals surface area contributed by atoms with Gasteiger partial charge in [-0.2, -0.15) is 0 Å². The number of rotatable bonds is 6. The van der Waals surface area contributed by atoms with Crippen molar-refractivity contribution in [2.24, 2.45) is 0 Å². The van der Waals surface area contributed by atoms with Gasteiger partial charge in [0.2, 0.25) is 5.91 Å². The van der Waals surface area contributed by atoms with Crippen LogP contribution in [0.25, 0.3) is 0 Å². The van der Waals surface area contributed by atoms with Crippen molar-refractivity contribution in [3.8, 4) is 5.75 Å². The molecule has 2 aromatic carbocycles. The van der Waals surface area contributed by atoms with Gasteiger partial charge in [-0.3, -0.25) is 4.79 Å². The Labute approximate surface area is 139 Å². The summed E-state index contributed by atoms with van der Waals surface area (Å²) < 4.78 is 18.3. The molecule has 23 heavy (non-hydrogen) atoms.